The molecule has 0 atom stereocenters. The van der Waals surface area contributed by atoms with E-state index in [-0.39, 0.29) is 12.4 Å². The summed E-state index contributed by atoms with van der Waals surface area (Å²) in [5.41, 5.74) is 0. The first kappa shape index (κ1) is 14.0. The molecule has 8 heteroatoms. The lowest BCUT2D eigenvalue weighted by Crippen LogP contribution is -2.44. The minimum atomic E-state index is -3.24. The van der Waals surface area contributed by atoms with Gasteiger partial charge in [0.05, 0.1) is 4.75 Å². The summed E-state index contributed by atoms with van der Waals surface area (Å²) in [5, 5.41) is 9.13. The smallest absolute Gasteiger partial charge is 0.291 e. The summed E-state index contributed by atoms with van der Waals surface area (Å²) in [4.78, 5) is 15.9. The van der Waals surface area contributed by atoms with E-state index in [9.17, 15) is 13.2 Å². The Kier molecular flexibility index (Phi) is 3.38. The monoisotopic (exact) mass is 286 g/mol. The Morgan fingerprint density at radius 2 is 2.11 bits per heavy atom. The molecule has 1 heterocycles. The fourth-order valence-corrected chi connectivity index (χ4v) is 1.75. The minimum absolute atomic E-state index is 0.0258. The van der Waals surface area contributed by atoms with E-state index in [1.165, 1.54) is 0 Å². The van der Waals surface area contributed by atoms with Crippen molar-refractivity contribution in [2.45, 2.75) is 37.4 Å². The number of amides is 1. The van der Waals surface area contributed by atoms with Gasteiger partial charge in [0.2, 0.25) is 5.82 Å². The number of H-pyrrole nitrogens is 1. The third kappa shape index (κ3) is 3.12. The Morgan fingerprint density at radius 3 is 2.63 bits per heavy atom. The van der Waals surface area contributed by atoms with Crippen LogP contribution < -0.4 is 5.32 Å². The highest BCUT2D eigenvalue weighted by molar-refractivity contribution is 7.92. The maximum absolute atomic E-state index is 11.8. The zero-order chi connectivity index (χ0) is 14.3. The normalized spacial score (nSPS) is 16.4. The van der Waals surface area contributed by atoms with E-state index in [4.69, 9.17) is 0 Å². The third-order valence-electron chi connectivity index (χ3n) is 3.35. The summed E-state index contributed by atoms with van der Waals surface area (Å²) in [7, 11) is -3.24. The number of hydrogen-bond donors (Lipinski definition) is 2. The molecule has 2 rings (SSSR count). The first-order valence-corrected chi connectivity index (χ1v) is 8.00. The number of aromatic amines is 1. The standard InChI is InChI=1S/C11H18N4O3S/c1-11(2,19(3,17)18)6-12-10(16)9-13-8(14-15-9)7-4-5-7/h7H,4-6H2,1-3H3,(H,12,16)(H,13,14,15). The SMILES string of the molecule is CC(C)(CNC(=O)c1n[nH]c(C2CC2)n1)S(C)(=O)=O. The van der Waals surface area contributed by atoms with Gasteiger partial charge in [-0.2, -0.15) is 0 Å². The van der Waals surface area contributed by atoms with Crippen molar-refractivity contribution in [1.82, 2.24) is 20.5 Å². The lowest BCUT2D eigenvalue weighted by Gasteiger charge is -2.22. The minimum Gasteiger partial charge on any atom is -0.348 e. The molecule has 0 bridgehead atoms. The van der Waals surface area contributed by atoms with Crippen LogP contribution in [0.15, 0.2) is 0 Å². The van der Waals surface area contributed by atoms with Gasteiger partial charge in [0.25, 0.3) is 5.91 Å². The molecule has 1 aromatic rings. The van der Waals surface area contributed by atoms with Crippen molar-refractivity contribution in [2.75, 3.05) is 12.8 Å². The van der Waals surface area contributed by atoms with E-state index in [0.29, 0.717) is 5.92 Å². The zero-order valence-electron chi connectivity index (χ0n) is 11.2. The van der Waals surface area contributed by atoms with Crippen molar-refractivity contribution in [3.63, 3.8) is 0 Å². The topological polar surface area (TPSA) is 105 Å². The second-order valence-corrected chi connectivity index (χ2v) is 8.18. The van der Waals surface area contributed by atoms with Crippen molar-refractivity contribution < 1.29 is 13.2 Å². The lowest BCUT2D eigenvalue weighted by atomic mass is 10.2. The largest absolute Gasteiger partial charge is 0.348 e. The van der Waals surface area contributed by atoms with E-state index in [1.807, 2.05) is 0 Å². The van der Waals surface area contributed by atoms with E-state index >= 15 is 0 Å². The van der Waals surface area contributed by atoms with Crippen LogP contribution in [0.25, 0.3) is 0 Å². The molecule has 1 fully saturated rings. The van der Waals surface area contributed by atoms with Crippen molar-refractivity contribution in [2.24, 2.45) is 0 Å². The maximum Gasteiger partial charge on any atom is 0.291 e. The first-order valence-electron chi connectivity index (χ1n) is 6.11. The molecule has 7 nitrogen and oxygen atoms in total. The highest BCUT2D eigenvalue weighted by Crippen LogP contribution is 2.37. The molecule has 2 N–H and O–H groups in total. The fraction of sp³-hybridized carbons (Fsp3) is 0.727. The molecule has 1 aliphatic rings. The van der Waals surface area contributed by atoms with Crippen molar-refractivity contribution in [3.8, 4) is 0 Å². The Balaban J connectivity index is 1.97. The Morgan fingerprint density at radius 1 is 1.47 bits per heavy atom. The molecule has 0 radical (unpaired) electrons. The molecule has 1 saturated carbocycles. The molecule has 1 aromatic heterocycles. The highest BCUT2D eigenvalue weighted by atomic mass is 32.2. The van der Waals surface area contributed by atoms with Crippen LogP contribution in [-0.4, -0.2) is 47.1 Å². The average Bonchev–Trinajstić information content (AvgIpc) is 3.03. The van der Waals surface area contributed by atoms with E-state index < -0.39 is 20.5 Å². The number of aromatic nitrogens is 3. The summed E-state index contributed by atoms with van der Waals surface area (Å²) < 4.78 is 22.0. The third-order valence-corrected chi connectivity index (χ3v) is 5.50. The van der Waals surface area contributed by atoms with Crippen LogP contribution in [0.3, 0.4) is 0 Å². The number of carbonyl (C=O) groups is 1. The quantitative estimate of drug-likeness (QED) is 0.806. The lowest BCUT2D eigenvalue weighted by molar-refractivity contribution is 0.0940. The fourth-order valence-electron chi connectivity index (χ4n) is 1.42. The predicted octanol–water partition coefficient (Wildman–Crippen LogP) is 0.235. The number of rotatable bonds is 5. The van der Waals surface area contributed by atoms with Gasteiger partial charge in [-0.15, -0.1) is 5.10 Å². The van der Waals surface area contributed by atoms with Gasteiger partial charge >= 0.3 is 0 Å². The summed E-state index contributed by atoms with van der Waals surface area (Å²) >= 11 is 0. The number of nitrogens with one attached hydrogen (secondary N) is 2. The van der Waals surface area contributed by atoms with Gasteiger partial charge in [-0.25, -0.2) is 13.4 Å². The first-order chi connectivity index (χ1) is 8.71. The maximum atomic E-state index is 11.8. The highest BCUT2D eigenvalue weighted by Gasteiger charge is 2.32. The molecule has 0 unspecified atom stereocenters. The van der Waals surface area contributed by atoms with Gasteiger partial charge in [0, 0.05) is 18.7 Å². The van der Waals surface area contributed by atoms with E-state index in [0.717, 1.165) is 24.9 Å². The average molecular weight is 286 g/mol. The molecule has 1 amide bonds. The zero-order valence-corrected chi connectivity index (χ0v) is 12.0. The van der Waals surface area contributed by atoms with Crippen LogP contribution in [0.5, 0.6) is 0 Å². The molecule has 106 valence electrons. The van der Waals surface area contributed by atoms with E-state index in [2.05, 4.69) is 20.5 Å². The molecule has 0 aliphatic heterocycles. The molecule has 0 saturated heterocycles. The summed E-state index contributed by atoms with van der Waals surface area (Å²) in [6, 6.07) is 0. The van der Waals surface area contributed by atoms with Gasteiger partial charge in [-0.05, 0) is 26.7 Å². The number of sulfone groups is 1. The molecular formula is C11H18N4O3S. The van der Waals surface area contributed by atoms with Crippen LogP contribution in [0, 0.1) is 0 Å². The van der Waals surface area contributed by atoms with E-state index in [1.54, 1.807) is 13.8 Å². The number of nitrogens with zero attached hydrogens (tertiary/aromatic N) is 2. The van der Waals surface area contributed by atoms with Crippen LogP contribution in [0.4, 0.5) is 0 Å². The second-order valence-electron chi connectivity index (χ2n) is 5.53. The van der Waals surface area contributed by atoms with Gasteiger partial charge in [0.15, 0.2) is 9.84 Å². The van der Waals surface area contributed by atoms with Gasteiger partial charge in [-0.1, -0.05) is 0 Å². The van der Waals surface area contributed by atoms with Crippen LogP contribution in [0.1, 0.15) is 49.1 Å². The number of hydrogen-bond acceptors (Lipinski definition) is 5. The number of carbonyl (C=O) groups excluding carboxylic acids is 1. The molecular weight excluding hydrogens is 268 g/mol. The Hall–Kier alpha value is -1.44. The van der Waals surface area contributed by atoms with Gasteiger partial charge < -0.3 is 5.32 Å². The van der Waals surface area contributed by atoms with Crippen LogP contribution in [-0.2, 0) is 9.84 Å². The Labute approximate surface area is 112 Å². The summed E-state index contributed by atoms with van der Waals surface area (Å²) in [6.45, 7) is 3.16. The second kappa shape index (κ2) is 4.59. The molecule has 0 aromatic carbocycles. The van der Waals surface area contributed by atoms with Crippen molar-refractivity contribution in [3.05, 3.63) is 11.6 Å². The van der Waals surface area contributed by atoms with Crippen molar-refractivity contribution in [1.29, 1.82) is 0 Å². The predicted molar refractivity (Wildman–Crippen MR) is 69.6 cm³/mol. The van der Waals surface area contributed by atoms with Gasteiger partial charge in [-0.3, -0.25) is 9.89 Å². The van der Waals surface area contributed by atoms with Crippen LogP contribution in [0.2, 0.25) is 0 Å². The van der Waals surface area contributed by atoms with Crippen LogP contribution >= 0.6 is 0 Å². The molecule has 0 spiro atoms. The molecule has 1 aliphatic carbocycles. The van der Waals surface area contributed by atoms with Gasteiger partial charge in [0.1, 0.15) is 5.82 Å². The summed E-state index contributed by atoms with van der Waals surface area (Å²) in [6.07, 6.45) is 3.28. The summed E-state index contributed by atoms with van der Waals surface area (Å²) in [5.74, 6) is 0.722. The van der Waals surface area contributed by atoms with Crippen molar-refractivity contribution >= 4 is 15.7 Å². The molecule has 19 heavy (non-hydrogen) atoms. The Bertz CT molecular complexity index is 587.